The van der Waals surface area contributed by atoms with Crippen molar-refractivity contribution in [1.29, 1.82) is 0 Å². The van der Waals surface area contributed by atoms with Crippen molar-refractivity contribution in [2.75, 3.05) is 20.2 Å². The van der Waals surface area contributed by atoms with Crippen LogP contribution in [0.15, 0.2) is 23.1 Å². The molecule has 0 radical (unpaired) electrons. The van der Waals surface area contributed by atoms with Gasteiger partial charge >= 0.3 is 6.18 Å². The highest BCUT2D eigenvalue weighted by atomic mass is 32.2. The number of alkyl halides is 3. The Morgan fingerprint density at radius 2 is 1.78 bits per heavy atom. The van der Waals surface area contributed by atoms with E-state index in [0.29, 0.717) is 25.9 Å². The lowest BCUT2D eigenvalue weighted by molar-refractivity contribution is -0.183. The van der Waals surface area contributed by atoms with Crippen LogP contribution in [0.5, 0.6) is 5.75 Å². The lowest BCUT2D eigenvalue weighted by Crippen LogP contribution is -2.43. The third-order valence-electron chi connectivity index (χ3n) is 6.35. The number of benzene rings is 1. The van der Waals surface area contributed by atoms with Crippen LogP contribution in [0.2, 0.25) is 0 Å². The summed E-state index contributed by atoms with van der Waals surface area (Å²) in [6.45, 7) is 4.76. The minimum atomic E-state index is -4.28. The summed E-state index contributed by atoms with van der Waals surface area (Å²) >= 11 is 0. The van der Waals surface area contributed by atoms with E-state index >= 15 is 0 Å². The fourth-order valence-electron chi connectivity index (χ4n) is 4.85. The van der Waals surface area contributed by atoms with E-state index in [9.17, 15) is 26.4 Å². The highest BCUT2D eigenvalue weighted by molar-refractivity contribution is 7.89. The van der Waals surface area contributed by atoms with Gasteiger partial charge in [-0.05, 0) is 55.7 Å². The minimum absolute atomic E-state index is 0.0630. The molecular formula is C22H31F3N2O4S. The van der Waals surface area contributed by atoms with E-state index in [2.05, 4.69) is 5.32 Å². The molecule has 1 amide bonds. The van der Waals surface area contributed by atoms with Crippen molar-refractivity contribution < 1.29 is 31.1 Å². The van der Waals surface area contributed by atoms with Crippen molar-refractivity contribution in [3.05, 3.63) is 23.8 Å². The highest BCUT2D eigenvalue weighted by Crippen LogP contribution is 2.38. The van der Waals surface area contributed by atoms with Gasteiger partial charge in [-0.25, -0.2) is 8.42 Å². The third-order valence-corrected chi connectivity index (χ3v) is 8.20. The topological polar surface area (TPSA) is 75.7 Å². The Hall–Kier alpha value is -1.81. The maximum Gasteiger partial charge on any atom is 0.391 e. The van der Waals surface area contributed by atoms with Gasteiger partial charge in [0.15, 0.2) is 0 Å². The Balaban J connectivity index is 1.82. The van der Waals surface area contributed by atoms with Crippen molar-refractivity contribution in [3.63, 3.8) is 0 Å². The standard InChI is InChI=1S/C22H31F3N2O4S/c1-14-9-15(2)13-27(12-14)32(29,30)20-10-16(7-8-19(20)31-3)21(28)26-18-6-4-5-17(11-18)22(23,24)25/h7-8,10,14-15,17-18H,4-6,9,11-13H2,1-3H3,(H,26,28). The molecule has 0 spiro atoms. The number of piperidine rings is 1. The van der Waals surface area contributed by atoms with Crippen molar-refractivity contribution in [2.24, 2.45) is 17.8 Å². The van der Waals surface area contributed by atoms with Gasteiger partial charge in [-0.15, -0.1) is 0 Å². The molecule has 0 aromatic heterocycles. The second kappa shape index (κ2) is 9.59. The number of rotatable bonds is 5. The largest absolute Gasteiger partial charge is 0.495 e. The Morgan fingerprint density at radius 1 is 1.12 bits per heavy atom. The first-order chi connectivity index (χ1) is 14.9. The van der Waals surface area contributed by atoms with Gasteiger partial charge in [0, 0.05) is 24.7 Å². The summed E-state index contributed by atoms with van der Waals surface area (Å²) in [5, 5.41) is 2.66. The third kappa shape index (κ3) is 5.57. The second-order valence-electron chi connectivity index (χ2n) is 9.21. The van der Waals surface area contributed by atoms with Crippen LogP contribution in [0, 0.1) is 17.8 Å². The Morgan fingerprint density at radius 3 is 2.38 bits per heavy atom. The summed E-state index contributed by atoms with van der Waals surface area (Å²) in [6.07, 6.45) is -2.61. The molecule has 1 aromatic carbocycles. The number of hydrogen-bond acceptors (Lipinski definition) is 4. The van der Waals surface area contributed by atoms with Gasteiger partial charge in [0.2, 0.25) is 10.0 Å². The summed E-state index contributed by atoms with van der Waals surface area (Å²) in [5.74, 6) is -1.48. The maximum atomic E-state index is 13.4. The Labute approximate surface area is 187 Å². The van der Waals surface area contributed by atoms with Crippen LogP contribution in [0.4, 0.5) is 13.2 Å². The molecule has 2 aliphatic rings. The molecule has 32 heavy (non-hydrogen) atoms. The predicted molar refractivity (Wildman–Crippen MR) is 114 cm³/mol. The fourth-order valence-corrected chi connectivity index (χ4v) is 6.71. The number of carbonyl (C=O) groups excluding carboxylic acids is 1. The number of carbonyl (C=O) groups is 1. The predicted octanol–water partition coefficient (Wildman–Crippen LogP) is 4.21. The van der Waals surface area contributed by atoms with Crippen LogP contribution < -0.4 is 10.1 Å². The van der Waals surface area contributed by atoms with Crippen LogP contribution in [-0.2, 0) is 10.0 Å². The molecule has 1 aromatic rings. The van der Waals surface area contributed by atoms with Gasteiger partial charge in [-0.1, -0.05) is 20.3 Å². The van der Waals surface area contributed by atoms with Gasteiger partial charge in [0.1, 0.15) is 10.6 Å². The quantitative estimate of drug-likeness (QED) is 0.691. The first-order valence-electron chi connectivity index (χ1n) is 11.0. The van der Waals surface area contributed by atoms with E-state index in [1.807, 2.05) is 13.8 Å². The number of methoxy groups -OCH3 is 1. The number of hydrogen-bond donors (Lipinski definition) is 1. The lowest BCUT2D eigenvalue weighted by Gasteiger charge is -2.34. The number of halogens is 3. The zero-order valence-electron chi connectivity index (χ0n) is 18.6. The first-order valence-corrected chi connectivity index (χ1v) is 12.4. The molecule has 4 atom stereocenters. The zero-order chi connectivity index (χ0) is 23.7. The van der Waals surface area contributed by atoms with E-state index < -0.39 is 34.1 Å². The molecule has 1 N–H and O–H groups in total. The summed E-state index contributed by atoms with van der Waals surface area (Å²) in [5.41, 5.74) is 0.0802. The molecule has 4 unspecified atom stereocenters. The van der Waals surface area contributed by atoms with Gasteiger partial charge in [0.05, 0.1) is 13.0 Å². The molecule has 10 heteroatoms. The summed E-state index contributed by atoms with van der Waals surface area (Å²) in [4.78, 5) is 12.7. The van der Waals surface area contributed by atoms with Crippen molar-refractivity contribution >= 4 is 15.9 Å². The van der Waals surface area contributed by atoms with Crippen molar-refractivity contribution in [3.8, 4) is 5.75 Å². The van der Waals surface area contributed by atoms with E-state index in [4.69, 9.17) is 4.74 Å². The molecule has 6 nitrogen and oxygen atoms in total. The fraction of sp³-hybridized carbons (Fsp3) is 0.682. The number of ether oxygens (including phenoxy) is 1. The highest BCUT2D eigenvalue weighted by Gasteiger charge is 2.42. The average molecular weight is 477 g/mol. The van der Waals surface area contributed by atoms with Crippen LogP contribution >= 0.6 is 0 Å². The Bertz CT molecular complexity index is 926. The molecule has 180 valence electrons. The SMILES string of the molecule is COc1ccc(C(=O)NC2CCCC(C(F)(F)F)C2)cc1S(=O)(=O)N1CC(C)CC(C)C1. The van der Waals surface area contributed by atoms with Gasteiger partial charge in [0.25, 0.3) is 5.91 Å². The van der Waals surface area contributed by atoms with E-state index in [0.717, 1.165) is 6.42 Å². The molecule has 0 bridgehead atoms. The van der Waals surface area contributed by atoms with Gasteiger partial charge in [-0.3, -0.25) is 4.79 Å². The average Bonchev–Trinajstić information content (AvgIpc) is 2.72. The number of amides is 1. The summed E-state index contributed by atoms with van der Waals surface area (Å²) in [6, 6.07) is 3.50. The lowest BCUT2D eigenvalue weighted by atomic mass is 9.85. The Kier molecular flexibility index (Phi) is 7.44. The van der Waals surface area contributed by atoms with Crippen molar-refractivity contribution in [1.82, 2.24) is 9.62 Å². The molecule has 1 saturated heterocycles. The van der Waals surface area contributed by atoms with Crippen LogP contribution in [0.3, 0.4) is 0 Å². The van der Waals surface area contributed by atoms with E-state index in [1.165, 1.54) is 29.6 Å². The normalized spacial score (nSPS) is 27.7. The van der Waals surface area contributed by atoms with Crippen LogP contribution in [0.25, 0.3) is 0 Å². The number of sulfonamides is 1. The molecule has 2 fully saturated rings. The molecule has 1 heterocycles. The molecule has 1 aliphatic carbocycles. The molecular weight excluding hydrogens is 445 g/mol. The van der Waals surface area contributed by atoms with Gasteiger partial charge < -0.3 is 10.1 Å². The zero-order valence-corrected chi connectivity index (χ0v) is 19.4. The van der Waals surface area contributed by atoms with Crippen molar-refractivity contribution in [2.45, 2.75) is 63.1 Å². The van der Waals surface area contributed by atoms with Crippen LogP contribution in [-0.4, -0.2) is 51.0 Å². The summed E-state index contributed by atoms with van der Waals surface area (Å²) < 4.78 is 72.6. The number of nitrogens with zero attached hydrogens (tertiary/aromatic N) is 1. The monoisotopic (exact) mass is 476 g/mol. The second-order valence-corrected chi connectivity index (χ2v) is 11.1. The first kappa shape index (κ1) is 24.8. The minimum Gasteiger partial charge on any atom is -0.495 e. The maximum absolute atomic E-state index is 13.4. The van der Waals surface area contributed by atoms with E-state index in [-0.39, 0.29) is 40.9 Å². The molecule has 1 aliphatic heterocycles. The summed E-state index contributed by atoms with van der Waals surface area (Å²) in [7, 11) is -2.55. The van der Waals surface area contributed by atoms with Gasteiger partial charge in [-0.2, -0.15) is 17.5 Å². The molecule has 3 rings (SSSR count). The van der Waals surface area contributed by atoms with Crippen LogP contribution in [0.1, 0.15) is 56.3 Å². The smallest absolute Gasteiger partial charge is 0.391 e. The number of nitrogens with one attached hydrogen (secondary N) is 1. The molecule has 1 saturated carbocycles. The van der Waals surface area contributed by atoms with E-state index in [1.54, 1.807) is 0 Å².